The number of hydrogen-bond acceptors (Lipinski definition) is 6. The second-order valence-corrected chi connectivity index (χ2v) is 11.1. The predicted molar refractivity (Wildman–Crippen MR) is 139 cm³/mol. The molecule has 1 aliphatic heterocycles. The standard InChI is InChI=1S/C27H31FN4O3S/c1-4-20(29-18-9-7-8-17(28)12-18)25(34)32-15-19(13-22(32)24(33)31-27(3)14-16(27)2)35-26-30-21-10-5-6-11-23(21)36-26/h5-12,16,19-20,22,29H,4,13-15H2,1-3H3,(H,31,33)/t16-,19-,20+,22+,27-/m1/s1. The second kappa shape index (κ2) is 9.69. The number of hydrogen-bond donors (Lipinski definition) is 2. The lowest BCUT2D eigenvalue weighted by molar-refractivity contribution is -0.139. The normalized spacial score (nSPS) is 26.0. The van der Waals surface area contributed by atoms with Gasteiger partial charge in [0.2, 0.25) is 11.8 Å². The summed E-state index contributed by atoms with van der Waals surface area (Å²) in [4.78, 5) is 33.2. The third-order valence-electron chi connectivity index (χ3n) is 7.33. The summed E-state index contributed by atoms with van der Waals surface area (Å²) in [5.41, 5.74) is 1.15. The summed E-state index contributed by atoms with van der Waals surface area (Å²) < 4.78 is 20.9. The minimum atomic E-state index is -0.648. The summed E-state index contributed by atoms with van der Waals surface area (Å²) in [6.07, 6.45) is 1.43. The van der Waals surface area contributed by atoms with Crippen LogP contribution in [0.15, 0.2) is 48.5 Å². The van der Waals surface area contributed by atoms with Gasteiger partial charge in [0.15, 0.2) is 0 Å². The number of nitrogens with one attached hydrogen (secondary N) is 2. The van der Waals surface area contributed by atoms with Gasteiger partial charge in [-0.3, -0.25) is 9.59 Å². The van der Waals surface area contributed by atoms with E-state index in [9.17, 15) is 14.0 Å². The number of rotatable bonds is 8. The number of anilines is 1. The Kier molecular flexibility index (Phi) is 6.59. The molecule has 5 atom stereocenters. The zero-order valence-electron chi connectivity index (χ0n) is 20.7. The molecule has 0 spiro atoms. The summed E-state index contributed by atoms with van der Waals surface area (Å²) in [6.45, 7) is 6.31. The van der Waals surface area contributed by atoms with Crippen LogP contribution >= 0.6 is 11.3 Å². The highest BCUT2D eigenvalue weighted by molar-refractivity contribution is 7.20. The first-order valence-electron chi connectivity index (χ1n) is 12.4. The van der Waals surface area contributed by atoms with Crippen LogP contribution in [0.5, 0.6) is 5.19 Å². The monoisotopic (exact) mass is 510 g/mol. The van der Waals surface area contributed by atoms with E-state index in [4.69, 9.17) is 4.74 Å². The van der Waals surface area contributed by atoms with Crippen molar-refractivity contribution in [3.63, 3.8) is 0 Å². The lowest BCUT2D eigenvalue weighted by Crippen LogP contribution is -2.52. The van der Waals surface area contributed by atoms with Gasteiger partial charge in [-0.15, -0.1) is 0 Å². The molecule has 2 aromatic carbocycles. The molecule has 1 aromatic heterocycles. The number of para-hydroxylation sites is 1. The van der Waals surface area contributed by atoms with Gasteiger partial charge in [-0.05, 0) is 56.0 Å². The number of thiazole rings is 1. The smallest absolute Gasteiger partial charge is 0.274 e. The fourth-order valence-electron chi connectivity index (χ4n) is 4.85. The molecular weight excluding hydrogens is 479 g/mol. The molecule has 9 heteroatoms. The zero-order valence-corrected chi connectivity index (χ0v) is 21.5. The van der Waals surface area contributed by atoms with E-state index in [0.29, 0.717) is 29.6 Å². The molecule has 190 valence electrons. The molecule has 0 unspecified atom stereocenters. The molecule has 2 fully saturated rings. The van der Waals surface area contributed by atoms with Crippen molar-refractivity contribution >= 4 is 39.1 Å². The molecule has 5 rings (SSSR count). The van der Waals surface area contributed by atoms with Crippen LogP contribution in [0.1, 0.15) is 40.0 Å². The summed E-state index contributed by atoms with van der Waals surface area (Å²) in [5.74, 6) is -0.339. The minimum Gasteiger partial charge on any atom is -0.465 e. The summed E-state index contributed by atoms with van der Waals surface area (Å²) in [6, 6.07) is 12.6. The second-order valence-electron chi connectivity index (χ2n) is 10.1. The van der Waals surface area contributed by atoms with Gasteiger partial charge in [0, 0.05) is 17.6 Å². The Morgan fingerprint density at radius 1 is 1.28 bits per heavy atom. The third-order valence-corrected chi connectivity index (χ3v) is 8.26. The van der Waals surface area contributed by atoms with Crippen LogP contribution in [0, 0.1) is 11.7 Å². The fourth-order valence-corrected chi connectivity index (χ4v) is 5.73. The van der Waals surface area contributed by atoms with E-state index in [1.807, 2.05) is 38.1 Å². The first-order valence-corrected chi connectivity index (χ1v) is 13.2. The summed E-state index contributed by atoms with van der Waals surface area (Å²) >= 11 is 1.45. The van der Waals surface area contributed by atoms with Gasteiger partial charge < -0.3 is 20.3 Å². The van der Waals surface area contributed by atoms with Crippen molar-refractivity contribution in [3.8, 4) is 5.19 Å². The Balaban J connectivity index is 1.35. The molecular formula is C27H31FN4O3S. The predicted octanol–water partition coefficient (Wildman–Crippen LogP) is 4.59. The van der Waals surface area contributed by atoms with Gasteiger partial charge in [0.1, 0.15) is 24.0 Å². The first-order chi connectivity index (χ1) is 17.3. The van der Waals surface area contributed by atoms with Crippen LogP contribution in [0.25, 0.3) is 10.2 Å². The van der Waals surface area contributed by atoms with Gasteiger partial charge in [0.25, 0.3) is 5.19 Å². The number of halogens is 1. The van der Waals surface area contributed by atoms with Crippen molar-refractivity contribution < 1.29 is 18.7 Å². The minimum absolute atomic E-state index is 0.161. The van der Waals surface area contributed by atoms with Crippen LogP contribution in [-0.4, -0.2) is 52.0 Å². The van der Waals surface area contributed by atoms with Crippen LogP contribution < -0.4 is 15.4 Å². The maximum Gasteiger partial charge on any atom is 0.274 e. The van der Waals surface area contributed by atoms with Crippen LogP contribution in [0.4, 0.5) is 10.1 Å². The number of carbonyl (C=O) groups is 2. The van der Waals surface area contributed by atoms with Gasteiger partial charge in [-0.1, -0.05) is 43.4 Å². The number of ether oxygens (including phenoxy) is 1. The van der Waals surface area contributed by atoms with E-state index >= 15 is 0 Å². The average molecular weight is 511 g/mol. The zero-order chi connectivity index (χ0) is 25.4. The highest BCUT2D eigenvalue weighted by atomic mass is 32.1. The van der Waals surface area contributed by atoms with Crippen molar-refractivity contribution in [2.75, 3.05) is 11.9 Å². The third kappa shape index (κ3) is 5.02. The quantitative estimate of drug-likeness (QED) is 0.463. The number of amides is 2. The largest absolute Gasteiger partial charge is 0.465 e. The van der Waals surface area contributed by atoms with Gasteiger partial charge in [-0.25, -0.2) is 9.37 Å². The molecule has 2 amide bonds. The Labute approximate surface area is 214 Å². The van der Waals surface area contributed by atoms with Crippen LogP contribution in [0.2, 0.25) is 0 Å². The summed E-state index contributed by atoms with van der Waals surface area (Å²) in [7, 11) is 0. The maximum atomic E-state index is 13.7. The van der Waals surface area contributed by atoms with Crippen molar-refractivity contribution in [1.29, 1.82) is 0 Å². The maximum absolute atomic E-state index is 13.7. The number of carbonyl (C=O) groups excluding carboxylic acids is 2. The lowest BCUT2D eigenvalue weighted by atomic mass is 10.1. The number of aromatic nitrogens is 1. The fraction of sp³-hybridized carbons (Fsp3) is 0.444. The molecule has 2 N–H and O–H groups in total. The number of nitrogens with zero attached hydrogens (tertiary/aromatic N) is 2. The van der Waals surface area contributed by atoms with Crippen molar-refractivity contribution in [3.05, 3.63) is 54.3 Å². The van der Waals surface area contributed by atoms with Gasteiger partial charge in [0.05, 0.1) is 16.8 Å². The van der Waals surface area contributed by atoms with E-state index in [-0.39, 0.29) is 35.8 Å². The van der Waals surface area contributed by atoms with E-state index in [1.165, 1.54) is 23.5 Å². The molecule has 3 aromatic rings. The Morgan fingerprint density at radius 3 is 2.75 bits per heavy atom. The number of fused-ring (bicyclic) bond motifs is 1. The molecule has 0 bridgehead atoms. The SMILES string of the molecule is CC[C@H](Nc1cccc(F)c1)C(=O)N1C[C@H](Oc2nc3ccccc3s2)C[C@H]1C(=O)N[C@]1(C)C[C@H]1C. The first kappa shape index (κ1) is 24.5. The highest BCUT2D eigenvalue weighted by Gasteiger charge is 2.51. The molecule has 2 aliphatic rings. The topological polar surface area (TPSA) is 83.6 Å². The van der Waals surface area contributed by atoms with E-state index in [2.05, 4.69) is 22.5 Å². The highest BCUT2D eigenvalue weighted by Crippen LogP contribution is 2.42. The van der Waals surface area contributed by atoms with E-state index < -0.39 is 12.1 Å². The van der Waals surface area contributed by atoms with E-state index in [1.54, 1.807) is 17.0 Å². The van der Waals surface area contributed by atoms with Crippen LogP contribution in [0.3, 0.4) is 0 Å². The number of likely N-dealkylation sites (tertiary alicyclic amines) is 1. The Morgan fingerprint density at radius 2 is 2.06 bits per heavy atom. The van der Waals surface area contributed by atoms with E-state index in [0.717, 1.165) is 16.6 Å². The molecule has 1 saturated carbocycles. The Hall–Kier alpha value is -3.20. The molecule has 7 nitrogen and oxygen atoms in total. The van der Waals surface area contributed by atoms with Crippen molar-refractivity contribution in [1.82, 2.24) is 15.2 Å². The molecule has 2 heterocycles. The molecule has 1 saturated heterocycles. The number of benzene rings is 2. The van der Waals surface area contributed by atoms with Gasteiger partial charge in [-0.2, -0.15) is 0 Å². The van der Waals surface area contributed by atoms with Gasteiger partial charge >= 0.3 is 0 Å². The Bertz CT molecular complexity index is 1250. The average Bonchev–Trinajstić information content (AvgIpc) is 3.20. The van der Waals surface area contributed by atoms with Crippen LogP contribution in [-0.2, 0) is 9.59 Å². The summed E-state index contributed by atoms with van der Waals surface area (Å²) in [5, 5.41) is 6.83. The molecule has 1 aliphatic carbocycles. The molecule has 36 heavy (non-hydrogen) atoms. The lowest BCUT2D eigenvalue weighted by Gasteiger charge is -2.29. The molecule has 0 radical (unpaired) electrons. The van der Waals surface area contributed by atoms with Crippen molar-refractivity contribution in [2.45, 2.75) is 63.8 Å². The van der Waals surface area contributed by atoms with Crippen molar-refractivity contribution in [2.24, 2.45) is 5.92 Å².